The normalized spacial score (nSPS) is 16.4. The van der Waals surface area contributed by atoms with Crippen LogP contribution in [0.3, 0.4) is 0 Å². The number of ether oxygens (including phenoxy) is 1. The van der Waals surface area contributed by atoms with Crippen LogP contribution in [0.5, 0.6) is 0 Å². The summed E-state index contributed by atoms with van der Waals surface area (Å²) in [5.74, 6) is -0.0710. The Labute approximate surface area is 234 Å². The number of carbonyl (C=O) groups excluding carboxylic acids is 3. The van der Waals surface area contributed by atoms with Gasteiger partial charge in [0.25, 0.3) is 11.8 Å². The van der Waals surface area contributed by atoms with E-state index < -0.39 is 5.97 Å². The molecule has 206 valence electrons. The highest BCUT2D eigenvalue weighted by Gasteiger charge is 2.29. The van der Waals surface area contributed by atoms with Crippen LogP contribution in [-0.4, -0.2) is 68.4 Å². The van der Waals surface area contributed by atoms with Crippen LogP contribution in [0.1, 0.15) is 44.7 Å². The predicted molar refractivity (Wildman–Crippen MR) is 157 cm³/mol. The third kappa shape index (κ3) is 5.77. The van der Waals surface area contributed by atoms with Gasteiger partial charge in [0.2, 0.25) is 0 Å². The number of fused-ring (bicyclic) bond motifs is 1. The number of benzene rings is 3. The summed E-state index contributed by atoms with van der Waals surface area (Å²) >= 11 is 0. The van der Waals surface area contributed by atoms with Gasteiger partial charge in [-0.25, -0.2) is 4.79 Å². The maximum atomic E-state index is 13.2. The van der Waals surface area contributed by atoms with Gasteiger partial charge in [-0.05, 0) is 74.8 Å². The Morgan fingerprint density at radius 3 is 2.27 bits per heavy atom. The summed E-state index contributed by atoms with van der Waals surface area (Å²) in [6.45, 7) is 2.60. The van der Waals surface area contributed by atoms with Crippen molar-refractivity contribution in [2.45, 2.75) is 12.8 Å². The zero-order chi connectivity index (χ0) is 28.2. The number of piperidine rings is 1. The number of nitrogens with one attached hydrogen (secondary N) is 2. The van der Waals surface area contributed by atoms with Crippen LogP contribution in [-0.2, 0) is 9.53 Å². The third-order valence-electron chi connectivity index (χ3n) is 7.42. The van der Waals surface area contributed by atoms with E-state index in [9.17, 15) is 14.4 Å². The number of methoxy groups -OCH3 is 1. The first-order valence-corrected chi connectivity index (χ1v) is 13.5. The highest BCUT2D eigenvalue weighted by molar-refractivity contribution is 6.37. The van der Waals surface area contributed by atoms with Crippen LogP contribution in [0.15, 0.2) is 72.8 Å². The van der Waals surface area contributed by atoms with E-state index in [4.69, 9.17) is 4.74 Å². The van der Waals surface area contributed by atoms with Crippen LogP contribution in [0.4, 0.5) is 11.4 Å². The molecule has 2 N–H and O–H groups in total. The minimum absolute atomic E-state index is 0.0435. The lowest BCUT2D eigenvalue weighted by atomic mass is 9.96. The molecule has 0 aliphatic carbocycles. The van der Waals surface area contributed by atoms with Gasteiger partial charge in [-0.3, -0.25) is 9.59 Å². The summed E-state index contributed by atoms with van der Waals surface area (Å²) < 4.78 is 4.82. The molecule has 0 spiro atoms. The monoisotopic (exact) mass is 538 g/mol. The van der Waals surface area contributed by atoms with Crippen LogP contribution >= 0.6 is 0 Å². The Bertz CT molecular complexity index is 1440. The smallest absolute Gasteiger partial charge is 0.337 e. The quantitative estimate of drug-likeness (QED) is 0.331. The van der Waals surface area contributed by atoms with E-state index in [0.717, 1.165) is 43.7 Å². The third-order valence-corrected chi connectivity index (χ3v) is 7.42. The molecule has 0 aromatic heterocycles. The van der Waals surface area contributed by atoms with Crippen molar-refractivity contribution in [1.82, 2.24) is 9.80 Å². The van der Waals surface area contributed by atoms with Gasteiger partial charge in [0, 0.05) is 36.4 Å². The lowest BCUT2D eigenvalue weighted by molar-refractivity contribution is -0.110. The number of likely N-dealkylation sites (tertiary alicyclic amines) is 1. The molecule has 2 aliphatic rings. The molecule has 0 saturated carbocycles. The number of nitrogens with zero attached hydrogens (tertiary/aromatic N) is 2. The topological polar surface area (TPSA) is 91.0 Å². The summed E-state index contributed by atoms with van der Waals surface area (Å²) in [4.78, 5) is 42.5. The second kappa shape index (κ2) is 11.8. The summed E-state index contributed by atoms with van der Waals surface area (Å²) in [7, 11) is 5.50. The Morgan fingerprint density at radius 1 is 0.950 bits per heavy atom. The summed E-state index contributed by atoms with van der Waals surface area (Å²) in [5, 5.41) is 6.30. The van der Waals surface area contributed by atoms with Gasteiger partial charge in [-0.15, -0.1) is 0 Å². The lowest BCUT2D eigenvalue weighted by Gasteiger charge is -2.33. The van der Waals surface area contributed by atoms with Gasteiger partial charge >= 0.3 is 5.97 Å². The second-order valence-electron chi connectivity index (χ2n) is 10.5. The lowest BCUT2D eigenvalue weighted by Crippen LogP contribution is -2.40. The van der Waals surface area contributed by atoms with Crippen molar-refractivity contribution in [2.75, 3.05) is 51.5 Å². The molecule has 0 radical (unpaired) electrons. The van der Waals surface area contributed by atoms with Gasteiger partial charge in [0.1, 0.15) is 0 Å². The van der Waals surface area contributed by atoms with Crippen molar-refractivity contribution < 1.29 is 19.1 Å². The van der Waals surface area contributed by atoms with Crippen molar-refractivity contribution in [3.05, 3.63) is 95.1 Å². The Kier molecular flexibility index (Phi) is 7.98. The number of anilines is 2. The molecular weight excluding hydrogens is 504 g/mol. The van der Waals surface area contributed by atoms with Gasteiger partial charge in [-0.1, -0.05) is 36.4 Å². The first-order valence-electron chi connectivity index (χ1n) is 13.5. The SMILES string of the molecule is COC(=O)c1ccc2c(c1)NC(=O)/C2=C(\Nc1ccc(C(=O)N2CCC(CN(C)C)CC2)cc1)c1ccccc1. The molecule has 3 aromatic carbocycles. The molecule has 1 saturated heterocycles. The van der Waals surface area contributed by atoms with Crippen molar-refractivity contribution in [3.63, 3.8) is 0 Å². The maximum Gasteiger partial charge on any atom is 0.337 e. The molecule has 5 rings (SSSR count). The van der Waals surface area contributed by atoms with E-state index in [2.05, 4.69) is 29.6 Å². The van der Waals surface area contributed by atoms with E-state index in [0.29, 0.717) is 39.6 Å². The molecule has 0 bridgehead atoms. The number of hydrogen-bond donors (Lipinski definition) is 2. The van der Waals surface area contributed by atoms with Crippen LogP contribution in [0.25, 0.3) is 11.3 Å². The number of esters is 1. The van der Waals surface area contributed by atoms with Gasteiger partial charge in [0.05, 0.1) is 29.6 Å². The number of amides is 2. The fourth-order valence-electron chi connectivity index (χ4n) is 5.41. The molecule has 1 fully saturated rings. The Hall–Kier alpha value is -4.43. The average molecular weight is 539 g/mol. The maximum absolute atomic E-state index is 13.2. The molecule has 40 heavy (non-hydrogen) atoms. The fourth-order valence-corrected chi connectivity index (χ4v) is 5.41. The van der Waals surface area contributed by atoms with Crippen LogP contribution < -0.4 is 10.6 Å². The summed E-state index contributed by atoms with van der Waals surface area (Å²) in [6, 6.07) is 22.0. The number of rotatable bonds is 7. The molecule has 0 unspecified atom stereocenters. The fraction of sp³-hybridized carbons (Fsp3) is 0.281. The van der Waals surface area contributed by atoms with E-state index in [1.165, 1.54) is 7.11 Å². The second-order valence-corrected chi connectivity index (χ2v) is 10.5. The molecule has 3 aromatic rings. The van der Waals surface area contributed by atoms with Gasteiger partial charge in [-0.2, -0.15) is 0 Å². The molecule has 2 amide bonds. The van der Waals surface area contributed by atoms with E-state index in [1.54, 1.807) is 18.2 Å². The van der Waals surface area contributed by atoms with Gasteiger partial charge < -0.3 is 25.2 Å². The summed E-state index contributed by atoms with van der Waals surface area (Å²) in [6.07, 6.45) is 2.03. The Morgan fingerprint density at radius 2 is 1.62 bits per heavy atom. The molecular formula is C32H34N4O4. The zero-order valence-corrected chi connectivity index (χ0v) is 23.1. The largest absolute Gasteiger partial charge is 0.465 e. The minimum atomic E-state index is -0.469. The molecule has 8 heteroatoms. The standard InChI is InChI=1S/C32H34N4O4/c1-35(2)20-21-15-17-36(18-16-21)31(38)23-9-12-25(13-10-23)33-29(22-7-5-4-6-8-22)28-26-14-11-24(32(39)40-3)19-27(26)34-30(28)37/h4-14,19,21,33H,15-18,20H2,1-3H3,(H,34,37)/b29-28-. The molecule has 0 atom stereocenters. The van der Waals surface area contributed by atoms with Crippen LogP contribution in [0.2, 0.25) is 0 Å². The number of carbonyl (C=O) groups is 3. The average Bonchev–Trinajstić information content (AvgIpc) is 3.30. The van der Waals surface area contributed by atoms with Crippen molar-refractivity contribution in [2.24, 2.45) is 5.92 Å². The van der Waals surface area contributed by atoms with E-state index in [-0.39, 0.29) is 11.8 Å². The van der Waals surface area contributed by atoms with Gasteiger partial charge in [0.15, 0.2) is 0 Å². The van der Waals surface area contributed by atoms with Crippen molar-refractivity contribution in [1.29, 1.82) is 0 Å². The first-order chi connectivity index (χ1) is 19.3. The Balaban J connectivity index is 1.40. The van der Waals surface area contributed by atoms with E-state index in [1.807, 2.05) is 59.5 Å². The molecule has 2 aliphatic heterocycles. The van der Waals surface area contributed by atoms with E-state index >= 15 is 0 Å². The van der Waals surface area contributed by atoms with Crippen molar-refractivity contribution >= 4 is 40.4 Å². The molecule has 2 heterocycles. The number of hydrogen-bond acceptors (Lipinski definition) is 6. The predicted octanol–water partition coefficient (Wildman–Crippen LogP) is 4.82. The highest BCUT2D eigenvalue weighted by Crippen LogP contribution is 2.38. The minimum Gasteiger partial charge on any atom is -0.465 e. The molecule has 8 nitrogen and oxygen atoms in total. The summed E-state index contributed by atoms with van der Waals surface area (Å²) in [5.41, 5.74) is 4.92. The highest BCUT2D eigenvalue weighted by atomic mass is 16.5. The van der Waals surface area contributed by atoms with Crippen molar-refractivity contribution in [3.8, 4) is 0 Å². The zero-order valence-electron chi connectivity index (χ0n) is 23.1. The van der Waals surface area contributed by atoms with Crippen LogP contribution in [0, 0.1) is 5.92 Å². The first kappa shape index (κ1) is 27.1.